The molecule has 0 aromatic heterocycles. The molecule has 20 heavy (non-hydrogen) atoms. The Hall–Kier alpha value is -1.18. The molecule has 110 valence electrons. The molecule has 1 aromatic carbocycles. The maximum Gasteiger partial charge on any atom is 0.123 e. The van der Waals surface area contributed by atoms with Crippen molar-refractivity contribution in [3.63, 3.8) is 0 Å². The third-order valence-electron chi connectivity index (χ3n) is 4.51. The normalized spacial score (nSPS) is 23.3. The SMILES string of the molecule is FC=CCCCC[C@H]1CC[C@H](c2ccc(F)cc2)CC1. The van der Waals surface area contributed by atoms with Gasteiger partial charge < -0.3 is 0 Å². The molecule has 0 atom stereocenters. The van der Waals surface area contributed by atoms with Gasteiger partial charge in [0.05, 0.1) is 6.33 Å². The van der Waals surface area contributed by atoms with E-state index in [4.69, 9.17) is 0 Å². The van der Waals surface area contributed by atoms with Crippen molar-refractivity contribution in [3.8, 4) is 0 Å². The van der Waals surface area contributed by atoms with Gasteiger partial charge in [-0.2, -0.15) is 0 Å². The molecule has 0 aliphatic heterocycles. The van der Waals surface area contributed by atoms with Gasteiger partial charge in [-0.3, -0.25) is 0 Å². The van der Waals surface area contributed by atoms with E-state index < -0.39 is 0 Å². The summed E-state index contributed by atoms with van der Waals surface area (Å²) in [5.74, 6) is 1.30. The fourth-order valence-corrected chi connectivity index (χ4v) is 3.28. The first-order valence-corrected chi connectivity index (χ1v) is 7.80. The quantitative estimate of drug-likeness (QED) is 0.548. The van der Waals surface area contributed by atoms with Gasteiger partial charge in [0, 0.05) is 0 Å². The second-order valence-electron chi connectivity index (χ2n) is 5.92. The van der Waals surface area contributed by atoms with Gasteiger partial charge in [-0.05, 0) is 68.1 Å². The van der Waals surface area contributed by atoms with Crippen LogP contribution in [-0.2, 0) is 0 Å². The zero-order valence-corrected chi connectivity index (χ0v) is 12.0. The van der Waals surface area contributed by atoms with Crippen molar-refractivity contribution in [2.45, 2.75) is 57.3 Å². The Kier molecular flexibility index (Phi) is 6.23. The zero-order chi connectivity index (χ0) is 14.2. The topological polar surface area (TPSA) is 0 Å². The summed E-state index contributed by atoms with van der Waals surface area (Å²) >= 11 is 0. The first-order chi connectivity index (χ1) is 9.79. The van der Waals surface area contributed by atoms with Gasteiger partial charge in [0.2, 0.25) is 0 Å². The molecule has 0 bridgehead atoms. The minimum atomic E-state index is -0.148. The van der Waals surface area contributed by atoms with E-state index in [1.54, 1.807) is 18.2 Å². The van der Waals surface area contributed by atoms with E-state index >= 15 is 0 Å². The molecule has 1 aromatic rings. The summed E-state index contributed by atoms with van der Waals surface area (Å²) in [6, 6.07) is 7.01. The lowest BCUT2D eigenvalue weighted by Gasteiger charge is -2.28. The summed E-state index contributed by atoms with van der Waals surface area (Å²) < 4.78 is 24.7. The zero-order valence-electron chi connectivity index (χ0n) is 12.0. The Balaban J connectivity index is 1.68. The molecule has 1 aliphatic rings. The van der Waals surface area contributed by atoms with Gasteiger partial charge in [-0.1, -0.05) is 31.1 Å². The average molecular weight is 278 g/mol. The molecule has 2 heteroatoms. The van der Waals surface area contributed by atoms with Crippen LogP contribution in [-0.4, -0.2) is 0 Å². The lowest BCUT2D eigenvalue weighted by molar-refractivity contribution is 0.303. The fourth-order valence-electron chi connectivity index (χ4n) is 3.28. The average Bonchev–Trinajstić information content (AvgIpc) is 2.49. The van der Waals surface area contributed by atoms with Crippen LogP contribution in [0.4, 0.5) is 8.78 Å². The van der Waals surface area contributed by atoms with Crippen LogP contribution in [0.5, 0.6) is 0 Å². The van der Waals surface area contributed by atoms with E-state index in [1.807, 2.05) is 12.1 Å². The minimum Gasteiger partial charge on any atom is -0.216 e. The molecule has 0 saturated heterocycles. The van der Waals surface area contributed by atoms with Crippen molar-refractivity contribution in [1.29, 1.82) is 0 Å². The van der Waals surface area contributed by atoms with Crippen LogP contribution in [0.25, 0.3) is 0 Å². The van der Waals surface area contributed by atoms with E-state index in [1.165, 1.54) is 44.1 Å². The van der Waals surface area contributed by atoms with Gasteiger partial charge in [-0.25, -0.2) is 8.78 Å². The highest BCUT2D eigenvalue weighted by Crippen LogP contribution is 2.37. The van der Waals surface area contributed by atoms with Gasteiger partial charge in [0.1, 0.15) is 5.82 Å². The van der Waals surface area contributed by atoms with E-state index in [-0.39, 0.29) is 5.82 Å². The Morgan fingerprint density at radius 3 is 2.35 bits per heavy atom. The van der Waals surface area contributed by atoms with Crippen molar-refractivity contribution in [2.24, 2.45) is 5.92 Å². The lowest BCUT2D eigenvalue weighted by atomic mass is 9.77. The molecule has 2 rings (SSSR count). The number of unbranched alkanes of at least 4 members (excludes halogenated alkanes) is 2. The van der Waals surface area contributed by atoms with Crippen molar-refractivity contribution in [2.75, 3.05) is 0 Å². The van der Waals surface area contributed by atoms with Crippen LogP contribution in [0.1, 0.15) is 62.8 Å². The molecule has 0 spiro atoms. The Bertz CT molecular complexity index is 400. The number of benzene rings is 1. The van der Waals surface area contributed by atoms with Gasteiger partial charge in [0.25, 0.3) is 0 Å². The summed E-state index contributed by atoms with van der Waals surface area (Å²) in [4.78, 5) is 0. The Labute approximate surface area is 120 Å². The molecule has 0 radical (unpaired) electrons. The monoisotopic (exact) mass is 278 g/mol. The predicted molar refractivity (Wildman–Crippen MR) is 79.8 cm³/mol. The van der Waals surface area contributed by atoms with Crippen LogP contribution >= 0.6 is 0 Å². The molecule has 0 heterocycles. The highest BCUT2D eigenvalue weighted by molar-refractivity contribution is 5.20. The minimum absolute atomic E-state index is 0.148. The van der Waals surface area contributed by atoms with Crippen molar-refractivity contribution < 1.29 is 8.78 Å². The van der Waals surface area contributed by atoms with E-state index in [0.717, 1.165) is 18.8 Å². The molecular formula is C18H24F2. The van der Waals surface area contributed by atoms with Crippen LogP contribution < -0.4 is 0 Å². The smallest absolute Gasteiger partial charge is 0.123 e. The summed E-state index contributed by atoms with van der Waals surface area (Å²) in [5.41, 5.74) is 1.29. The Morgan fingerprint density at radius 1 is 1.00 bits per heavy atom. The molecule has 0 unspecified atom stereocenters. The number of rotatable bonds is 6. The second-order valence-corrected chi connectivity index (χ2v) is 5.92. The number of hydrogen-bond donors (Lipinski definition) is 0. The number of allylic oxidation sites excluding steroid dienone is 1. The molecule has 0 nitrogen and oxygen atoms in total. The predicted octanol–water partition coefficient (Wildman–Crippen LogP) is 6.14. The van der Waals surface area contributed by atoms with Gasteiger partial charge in [0.15, 0.2) is 0 Å². The first-order valence-electron chi connectivity index (χ1n) is 7.80. The summed E-state index contributed by atoms with van der Waals surface area (Å²) in [6.07, 6.45) is 11.7. The van der Waals surface area contributed by atoms with Crippen molar-refractivity contribution in [1.82, 2.24) is 0 Å². The number of halogens is 2. The second kappa shape index (κ2) is 8.18. The molecule has 1 fully saturated rings. The first kappa shape index (κ1) is 15.2. The maximum absolute atomic E-state index is 12.9. The highest BCUT2D eigenvalue weighted by atomic mass is 19.1. The molecular weight excluding hydrogens is 254 g/mol. The standard InChI is InChI=1S/C18H24F2/c19-14-4-2-1-3-5-15-6-8-16(9-7-15)17-10-12-18(20)13-11-17/h4,10-16H,1-3,5-9H2/t15-,16-. The summed E-state index contributed by atoms with van der Waals surface area (Å²) in [5, 5.41) is 0. The van der Waals surface area contributed by atoms with E-state index in [9.17, 15) is 8.78 Å². The van der Waals surface area contributed by atoms with Gasteiger partial charge >= 0.3 is 0 Å². The lowest BCUT2D eigenvalue weighted by Crippen LogP contribution is -2.13. The maximum atomic E-state index is 12.9. The summed E-state index contributed by atoms with van der Waals surface area (Å²) in [7, 11) is 0. The largest absolute Gasteiger partial charge is 0.216 e. The fraction of sp³-hybridized carbons (Fsp3) is 0.556. The molecule has 0 N–H and O–H groups in total. The van der Waals surface area contributed by atoms with Crippen LogP contribution in [0.3, 0.4) is 0 Å². The van der Waals surface area contributed by atoms with Crippen LogP contribution in [0.2, 0.25) is 0 Å². The number of hydrogen-bond acceptors (Lipinski definition) is 0. The molecule has 1 saturated carbocycles. The third-order valence-corrected chi connectivity index (χ3v) is 4.51. The van der Waals surface area contributed by atoms with Crippen molar-refractivity contribution in [3.05, 3.63) is 48.1 Å². The van der Waals surface area contributed by atoms with Crippen LogP contribution in [0.15, 0.2) is 36.7 Å². The molecule has 1 aliphatic carbocycles. The van der Waals surface area contributed by atoms with E-state index in [0.29, 0.717) is 12.2 Å². The third kappa shape index (κ3) is 4.73. The van der Waals surface area contributed by atoms with Crippen molar-refractivity contribution >= 4 is 0 Å². The highest BCUT2D eigenvalue weighted by Gasteiger charge is 2.21. The summed E-state index contributed by atoms with van der Waals surface area (Å²) in [6.45, 7) is 0. The van der Waals surface area contributed by atoms with Gasteiger partial charge in [-0.15, -0.1) is 0 Å². The van der Waals surface area contributed by atoms with E-state index in [2.05, 4.69) is 0 Å². The molecule has 0 amide bonds. The Morgan fingerprint density at radius 2 is 1.70 bits per heavy atom. The van der Waals surface area contributed by atoms with Crippen LogP contribution in [0, 0.1) is 11.7 Å².